The third-order valence-electron chi connectivity index (χ3n) is 5.35. The third kappa shape index (κ3) is 5.74. The van der Waals surface area contributed by atoms with E-state index < -0.39 is 11.4 Å². The van der Waals surface area contributed by atoms with Gasteiger partial charge in [-0.05, 0) is 38.0 Å². The van der Waals surface area contributed by atoms with Gasteiger partial charge in [0.1, 0.15) is 17.3 Å². The Labute approximate surface area is 194 Å². The smallest absolute Gasteiger partial charge is 0.329 e. The fourth-order valence-corrected chi connectivity index (χ4v) is 3.58. The lowest BCUT2D eigenvalue weighted by Crippen LogP contribution is -2.50. The summed E-state index contributed by atoms with van der Waals surface area (Å²) in [5.74, 6) is 1.32. The van der Waals surface area contributed by atoms with Crippen LogP contribution in [0.5, 0.6) is 11.5 Å². The van der Waals surface area contributed by atoms with Crippen molar-refractivity contribution in [2.24, 2.45) is 10.4 Å². The molecule has 0 aliphatic carbocycles. The quantitative estimate of drug-likeness (QED) is 0.644. The summed E-state index contributed by atoms with van der Waals surface area (Å²) in [5, 5.41) is 5.70. The van der Waals surface area contributed by atoms with Crippen molar-refractivity contribution >= 4 is 29.5 Å². The summed E-state index contributed by atoms with van der Waals surface area (Å²) in [7, 11) is 3.50. The highest BCUT2D eigenvalue weighted by atomic mass is 16.5. The van der Waals surface area contributed by atoms with E-state index in [2.05, 4.69) is 25.6 Å². The highest BCUT2D eigenvalue weighted by molar-refractivity contribution is 6.08. The molecule has 2 N–H and O–H groups in total. The van der Waals surface area contributed by atoms with E-state index in [1.54, 1.807) is 57.8 Å². The van der Waals surface area contributed by atoms with Crippen molar-refractivity contribution in [1.82, 2.24) is 20.2 Å². The molecular weight excluding hydrogens is 420 g/mol. The van der Waals surface area contributed by atoms with Gasteiger partial charge >= 0.3 is 6.03 Å². The highest BCUT2D eigenvalue weighted by Gasteiger charge is 2.38. The Kier molecular flexibility index (Phi) is 7.42. The lowest BCUT2D eigenvalue weighted by atomic mass is 9.83. The Balaban J connectivity index is 1.73. The van der Waals surface area contributed by atoms with Gasteiger partial charge in [0.05, 0.1) is 11.4 Å². The molecule has 0 spiro atoms. The number of hydrogen-bond donors (Lipinski definition) is 2. The second kappa shape index (κ2) is 10.2. The van der Waals surface area contributed by atoms with Gasteiger partial charge in [0.25, 0.3) is 0 Å². The molecule has 33 heavy (non-hydrogen) atoms. The molecule has 2 aromatic heterocycles. The van der Waals surface area contributed by atoms with Crippen molar-refractivity contribution < 1.29 is 14.3 Å². The average molecular weight is 451 g/mol. The normalized spacial score (nSPS) is 16.1. The van der Waals surface area contributed by atoms with Crippen LogP contribution in [0.25, 0.3) is 5.57 Å². The first-order chi connectivity index (χ1) is 15.7. The maximum Gasteiger partial charge on any atom is 0.329 e. The molecule has 1 fully saturated rings. The molecule has 0 saturated carbocycles. The Bertz CT molecular complexity index is 1090. The number of aryl methyl sites for hydroxylation is 1. The molecule has 3 amide bonds. The average Bonchev–Trinajstić information content (AvgIpc) is 2.77. The van der Waals surface area contributed by atoms with Crippen molar-refractivity contribution in [3.63, 3.8) is 0 Å². The largest absolute Gasteiger partial charge is 0.455 e. The predicted octanol–water partition coefficient (Wildman–Crippen LogP) is 4.02. The number of carbonyl (C=O) groups is 2. The van der Waals surface area contributed by atoms with E-state index in [-0.39, 0.29) is 5.91 Å². The summed E-state index contributed by atoms with van der Waals surface area (Å²) >= 11 is 0. The number of aromatic nitrogens is 2. The van der Waals surface area contributed by atoms with Crippen LogP contribution in [0.4, 0.5) is 10.6 Å². The topological polar surface area (TPSA) is 109 Å². The molecule has 1 aliphatic heterocycles. The van der Waals surface area contributed by atoms with Crippen LogP contribution in [-0.4, -0.2) is 53.7 Å². The molecule has 9 heteroatoms. The number of nitrogens with one attached hydrogen (secondary N) is 2. The van der Waals surface area contributed by atoms with Crippen LogP contribution in [0, 0.1) is 12.3 Å². The van der Waals surface area contributed by atoms with Gasteiger partial charge in [0.15, 0.2) is 0 Å². The summed E-state index contributed by atoms with van der Waals surface area (Å²) < 4.78 is 6.01. The number of pyridine rings is 2. The number of carbonyl (C=O) groups excluding carboxylic acids is 2. The van der Waals surface area contributed by atoms with E-state index in [0.29, 0.717) is 35.2 Å². The number of anilines is 1. The number of likely N-dealkylation sites (tertiary alicyclic amines) is 1. The van der Waals surface area contributed by atoms with Crippen molar-refractivity contribution in [2.45, 2.75) is 33.6 Å². The van der Waals surface area contributed by atoms with Gasteiger partial charge in [-0.2, -0.15) is 0 Å². The van der Waals surface area contributed by atoms with Crippen LogP contribution >= 0.6 is 0 Å². The first-order valence-corrected chi connectivity index (χ1v) is 10.8. The summed E-state index contributed by atoms with van der Waals surface area (Å²) in [6.07, 6.45) is 6.73. The van der Waals surface area contributed by atoms with Crippen LogP contribution in [0.1, 0.15) is 38.1 Å². The fraction of sp³-hybridized carbons (Fsp3) is 0.375. The minimum atomic E-state index is -0.536. The van der Waals surface area contributed by atoms with Crippen LogP contribution in [0.3, 0.4) is 0 Å². The molecule has 1 aliphatic rings. The van der Waals surface area contributed by atoms with Gasteiger partial charge in [0, 0.05) is 56.3 Å². The summed E-state index contributed by atoms with van der Waals surface area (Å²) in [6, 6.07) is 6.48. The SMILES string of the molecule is C/N=C\C(=C/NC)c1cc(Oc2ccc(NC(=O)N3CCCC(C)(C)C3=O)nc2C)ccn1. The van der Waals surface area contributed by atoms with E-state index in [0.717, 1.165) is 18.4 Å². The molecule has 174 valence electrons. The van der Waals surface area contributed by atoms with Crippen LogP contribution in [0.2, 0.25) is 0 Å². The number of nitrogens with zero attached hydrogens (tertiary/aromatic N) is 4. The number of imide groups is 1. The first-order valence-electron chi connectivity index (χ1n) is 10.8. The monoisotopic (exact) mass is 450 g/mol. The van der Waals surface area contributed by atoms with Gasteiger partial charge in [0.2, 0.25) is 5.91 Å². The lowest BCUT2D eigenvalue weighted by molar-refractivity contribution is -0.140. The van der Waals surface area contributed by atoms with E-state index in [1.165, 1.54) is 4.90 Å². The number of ether oxygens (including phenoxy) is 1. The second-order valence-corrected chi connectivity index (χ2v) is 8.41. The molecule has 9 nitrogen and oxygen atoms in total. The van der Waals surface area contributed by atoms with Gasteiger partial charge in [-0.3, -0.25) is 25.0 Å². The Morgan fingerprint density at radius 1 is 1.30 bits per heavy atom. The first kappa shape index (κ1) is 23.9. The molecular formula is C24H30N6O3. The number of urea groups is 1. The zero-order valence-electron chi connectivity index (χ0n) is 19.7. The zero-order valence-corrected chi connectivity index (χ0v) is 19.7. The number of allylic oxidation sites excluding steroid dienone is 1. The zero-order chi connectivity index (χ0) is 24.0. The Morgan fingerprint density at radius 3 is 2.79 bits per heavy atom. The summed E-state index contributed by atoms with van der Waals surface area (Å²) in [4.78, 5) is 39.3. The number of amides is 3. The van der Waals surface area contributed by atoms with Crippen LogP contribution in [-0.2, 0) is 4.79 Å². The molecule has 2 aromatic rings. The van der Waals surface area contributed by atoms with E-state index >= 15 is 0 Å². The molecule has 1 saturated heterocycles. The lowest BCUT2D eigenvalue weighted by Gasteiger charge is -2.35. The van der Waals surface area contributed by atoms with Crippen molar-refractivity contribution in [2.75, 3.05) is 26.0 Å². The van der Waals surface area contributed by atoms with E-state index in [9.17, 15) is 9.59 Å². The van der Waals surface area contributed by atoms with Crippen LogP contribution < -0.4 is 15.4 Å². The Morgan fingerprint density at radius 2 is 2.09 bits per heavy atom. The summed E-state index contributed by atoms with van der Waals surface area (Å²) in [6.45, 7) is 5.92. The minimum Gasteiger partial charge on any atom is -0.455 e. The Hall–Kier alpha value is -3.75. The second-order valence-electron chi connectivity index (χ2n) is 8.41. The van der Waals surface area contributed by atoms with Crippen molar-refractivity contribution in [3.05, 3.63) is 48.1 Å². The van der Waals surface area contributed by atoms with Crippen LogP contribution in [0.15, 0.2) is 41.7 Å². The molecule has 0 radical (unpaired) electrons. The molecule has 0 aromatic carbocycles. The van der Waals surface area contributed by atoms with Gasteiger partial charge < -0.3 is 10.1 Å². The molecule has 0 bridgehead atoms. The molecule has 0 atom stereocenters. The van der Waals surface area contributed by atoms with Gasteiger partial charge in [-0.15, -0.1) is 0 Å². The fourth-order valence-electron chi connectivity index (χ4n) is 3.58. The maximum atomic E-state index is 12.7. The standard InChI is InChI=1S/C24H30N6O3/c1-16-20(33-18-9-11-27-19(13-18)17(14-25-4)15-26-5)7-8-21(28-16)29-23(32)30-12-6-10-24(2,3)22(30)31/h7-9,11,13-15,25H,6,10,12H2,1-5H3,(H,28,29,32)/b17-14+,26-15-. The molecule has 0 unspecified atom stereocenters. The summed E-state index contributed by atoms with van der Waals surface area (Å²) in [5.41, 5.74) is 1.58. The molecule has 3 rings (SSSR count). The number of hydrogen-bond acceptors (Lipinski definition) is 7. The number of piperidine rings is 1. The maximum absolute atomic E-state index is 12.7. The number of rotatable bonds is 6. The van der Waals surface area contributed by atoms with Crippen molar-refractivity contribution in [1.29, 1.82) is 0 Å². The van der Waals surface area contributed by atoms with Gasteiger partial charge in [-0.25, -0.2) is 9.78 Å². The minimum absolute atomic E-state index is 0.170. The molecule has 3 heterocycles. The van der Waals surface area contributed by atoms with Crippen molar-refractivity contribution in [3.8, 4) is 11.5 Å². The predicted molar refractivity (Wildman–Crippen MR) is 128 cm³/mol. The van der Waals surface area contributed by atoms with Gasteiger partial charge in [-0.1, -0.05) is 13.8 Å². The highest BCUT2D eigenvalue weighted by Crippen LogP contribution is 2.31. The number of aliphatic imine (C=N–C) groups is 1. The van der Waals surface area contributed by atoms with E-state index in [1.807, 2.05) is 19.9 Å². The third-order valence-corrected chi connectivity index (χ3v) is 5.35. The van der Waals surface area contributed by atoms with E-state index in [4.69, 9.17) is 4.74 Å².